The molecule has 0 fully saturated rings. The van der Waals surface area contributed by atoms with E-state index in [0.717, 1.165) is 0 Å². The van der Waals surface area contributed by atoms with E-state index in [-0.39, 0.29) is 5.70 Å². The zero-order valence-electron chi connectivity index (χ0n) is 5.84. The lowest BCUT2D eigenvalue weighted by Crippen LogP contribution is -2.29. The Morgan fingerprint density at radius 2 is 2.36 bits per heavy atom. The molecule has 0 saturated carbocycles. The lowest BCUT2D eigenvalue weighted by Gasteiger charge is -2.14. The van der Waals surface area contributed by atoms with Crippen LogP contribution in [0.15, 0.2) is 11.8 Å². The first-order valence-corrected chi connectivity index (χ1v) is 3.24. The molecule has 0 aliphatic carbocycles. The van der Waals surface area contributed by atoms with Gasteiger partial charge in [-0.15, -0.1) is 0 Å². The van der Waals surface area contributed by atoms with Crippen molar-refractivity contribution in [2.24, 2.45) is 5.73 Å². The fraction of sp³-hybridized carbons (Fsp3) is 0.667. The van der Waals surface area contributed by atoms with Crippen molar-refractivity contribution < 1.29 is 20.1 Å². The minimum Gasteiger partial charge on any atom is -0.398 e. The van der Waals surface area contributed by atoms with Crippen molar-refractivity contribution >= 4 is 0 Å². The quantitative estimate of drug-likeness (QED) is 0.372. The molecule has 1 rings (SSSR count). The largest absolute Gasteiger partial charge is 0.398 e. The van der Waals surface area contributed by atoms with Crippen LogP contribution in [0.2, 0.25) is 0 Å². The molecule has 0 aromatic rings. The SMILES string of the molecule is NC1=CC(C(O)CO)OC1O. The highest BCUT2D eigenvalue weighted by Gasteiger charge is 2.28. The van der Waals surface area contributed by atoms with Gasteiger partial charge < -0.3 is 25.8 Å². The maximum Gasteiger partial charge on any atom is 0.196 e. The van der Waals surface area contributed by atoms with Gasteiger partial charge in [0.2, 0.25) is 0 Å². The van der Waals surface area contributed by atoms with Crippen molar-refractivity contribution in [3.63, 3.8) is 0 Å². The molecule has 1 heterocycles. The first-order valence-electron chi connectivity index (χ1n) is 3.24. The van der Waals surface area contributed by atoms with Gasteiger partial charge in [0, 0.05) is 0 Å². The molecule has 5 N–H and O–H groups in total. The normalized spacial score (nSPS) is 33.5. The van der Waals surface area contributed by atoms with Crippen LogP contribution < -0.4 is 5.73 Å². The number of rotatable bonds is 2. The molecular formula is C6H11NO4. The van der Waals surface area contributed by atoms with E-state index in [1.165, 1.54) is 6.08 Å². The second-order valence-corrected chi connectivity index (χ2v) is 2.37. The lowest BCUT2D eigenvalue weighted by atomic mass is 10.2. The monoisotopic (exact) mass is 161 g/mol. The van der Waals surface area contributed by atoms with Gasteiger partial charge >= 0.3 is 0 Å². The van der Waals surface area contributed by atoms with Crippen molar-refractivity contribution in [1.82, 2.24) is 0 Å². The summed E-state index contributed by atoms with van der Waals surface area (Å²) < 4.78 is 4.75. The summed E-state index contributed by atoms with van der Waals surface area (Å²) >= 11 is 0. The number of nitrogens with two attached hydrogens (primary N) is 1. The van der Waals surface area contributed by atoms with Crippen molar-refractivity contribution in [3.05, 3.63) is 11.8 Å². The summed E-state index contributed by atoms with van der Waals surface area (Å²) in [4.78, 5) is 0. The van der Waals surface area contributed by atoms with Crippen molar-refractivity contribution in [2.75, 3.05) is 6.61 Å². The lowest BCUT2D eigenvalue weighted by molar-refractivity contribution is -0.119. The van der Waals surface area contributed by atoms with Crippen LogP contribution in [0.3, 0.4) is 0 Å². The Kier molecular flexibility index (Phi) is 2.45. The standard InChI is InChI=1S/C6H11NO4/c7-3-1-5(4(9)2-8)11-6(3)10/h1,4-6,8-10H,2,7H2. The molecule has 5 heteroatoms. The van der Waals surface area contributed by atoms with E-state index in [9.17, 15) is 0 Å². The third kappa shape index (κ3) is 1.69. The number of ether oxygens (including phenoxy) is 1. The minimum atomic E-state index is -1.15. The Labute approximate surface area is 63.7 Å². The zero-order chi connectivity index (χ0) is 8.43. The number of hydrogen-bond acceptors (Lipinski definition) is 5. The summed E-state index contributed by atoms with van der Waals surface area (Å²) in [5, 5.41) is 26.4. The van der Waals surface area contributed by atoms with E-state index in [2.05, 4.69) is 0 Å². The van der Waals surface area contributed by atoms with Crippen LogP contribution in [-0.4, -0.2) is 40.4 Å². The smallest absolute Gasteiger partial charge is 0.196 e. The van der Waals surface area contributed by atoms with Crippen molar-refractivity contribution in [1.29, 1.82) is 0 Å². The Bertz CT molecular complexity index is 170. The third-order valence-electron chi connectivity index (χ3n) is 1.49. The second-order valence-electron chi connectivity index (χ2n) is 2.37. The Morgan fingerprint density at radius 3 is 2.73 bits per heavy atom. The average Bonchev–Trinajstić information content (AvgIpc) is 2.31. The Balaban J connectivity index is 2.53. The van der Waals surface area contributed by atoms with Crippen LogP contribution in [0, 0.1) is 0 Å². The minimum absolute atomic E-state index is 0.169. The highest BCUT2D eigenvalue weighted by molar-refractivity contribution is 5.10. The summed E-state index contributed by atoms with van der Waals surface area (Å²) in [6.07, 6.45) is -1.49. The van der Waals surface area contributed by atoms with Crippen LogP contribution >= 0.6 is 0 Å². The van der Waals surface area contributed by atoms with Crippen LogP contribution in [0.5, 0.6) is 0 Å². The summed E-state index contributed by atoms with van der Waals surface area (Å²) in [5.74, 6) is 0. The second kappa shape index (κ2) is 3.19. The van der Waals surface area contributed by atoms with Crippen molar-refractivity contribution in [3.8, 4) is 0 Å². The van der Waals surface area contributed by atoms with Gasteiger partial charge in [-0.05, 0) is 6.08 Å². The average molecular weight is 161 g/mol. The highest BCUT2D eigenvalue weighted by Crippen LogP contribution is 2.16. The van der Waals surface area contributed by atoms with E-state index in [1.807, 2.05) is 0 Å². The fourth-order valence-electron chi connectivity index (χ4n) is 0.844. The van der Waals surface area contributed by atoms with Gasteiger partial charge in [-0.2, -0.15) is 0 Å². The summed E-state index contributed by atoms with van der Waals surface area (Å²) in [6.45, 7) is -0.416. The number of hydrogen-bond donors (Lipinski definition) is 4. The van der Waals surface area contributed by atoms with E-state index in [1.54, 1.807) is 0 Å². The van der Waals surface area contributed by atoms with Gasteiger partial charge in [0.1, 0.15) is 12.2 Å². The first kappa shape index (κ1) is 8.48. The fourth-order valence-corrected chi connectivity index (χ4v) is 0.844. The molecule has 0 aromatic carbocycles. The molecule has 0 amide bonds. The van der Waals surface area contributed by atoms with Gasteiger partial charge in [-0.1, -0.05) is 0 Å². The third-order valence-corrected chi connectivity index (χ3v) is 1.49. The Morgan fingerprint density at radius 1 is 1.73 bits per heavy atom. The van der Waals surface area contributed by atoms with Gasteiger partial charge in [-0.25, -0.2) is 0 Å². The molecule has 0 spiro atoms. The van der Waals surface area contributed by atoms with E-state index in [0.29, 0.717) is 0 Å². The highest BCUT2D eigenvalue weighted by atomic mass is 16.6. The predicted molar refractivity (Wildman–Crippen MR) is 36.2 cm³/mol. The van der Waals surface area contributed by atoms with Crippen molar-refractivity contribution in [2.45, 2.75) is 18.5 Å². The van der Waals surface area contributed by atoms with Crippen LogP contribution in [-0.2, 0) is 4.74 Å². The molecule has 3 atom stereocenters. The van der Waals surface area contributed by atoms with Gasteiger partial charge in [0.25, 0.3) is 0 Å². The molecule has 0 bridgehead atoms. The topological polar surface area (TPSA) is 95.9 Å². The van der Waals surface area contributed by atoms with E-state index >= 15 is 0 Å². The van der Waals surface area contributed by atoms with Gasteiger partial charge in [0.05, 0.1) is 12.3 Å². The van der Waals surface area contributed by atoms with E-state index < -0.39 is 25.1 Å². The molecule has 1 aliphatic rings. The molecule has 5 nitrogen and oxygen atoms in total. The Hall–Kier alpha value is -0.620. The molecule has 3 unspecified atom stereocenters. The van der Waals surface area contributed by atoms with E-state index in [4.69, 9.17) is 25.8 Å². The van der Waals surface area contributed by atoms with Gasteiger partial charge in [-0.3, -0.25) is 0 Å². The molecule has 0 radical (unpaired) electrons. The van der Waals surface area contributed by atoms with Crippen LogP contribution in [0.25, 0.3) is 0 Å². The summed E-state index contributed by atoms with van der Waals surface area (Å²) in [5.41, 5.74) is 5.42. The molecule has 64 valence electrons. The molecule has 1 aliphatic heterocycles. The maximum absolute atomic E-state index is 9.01. The van der Waals surface area contributed by atoms with Gasteiger partial charge in [0.15, 0.2) is 6.29 Å². The van der Waals surface area contributed by atoms with Crippen LogP contribution in [0.4, 0.5) is 0 Å². The molecular weight excluding hydrogens is 150 g/mol. The number of aliphatic hydroxyl groups excluding tert-OH is 3. The predicted octanol–water partition coefficient (Wildman–Crippen LogP) is -2.10. The molecule has 11 heavy (non-hydrogen) atoms. The maximum atomic E-state index is 9.01. The first-order chi connectivity index (χ1) is 5.15. The number of aliphatic hydroxyl groups is 3. The zero-order valence-corrected chi connectivity index (χ0v) is 5.84. The summed E-state index contributed by atoms with van der Waals surface area (Å²) in [6, 6.07) is 0. The molecule has 0 saturated heterocycles. The molecule has 0 aromatic heterocycles. The summed E-state index contributed by atoms with van der Waals surface area (Å²) in [7, 11) is 0. The van der Waals surface area contributed by atoms with Crippen LogP contribution in [0.1, 0.15) is 0 Å².